The number of nitro groups is 1. The van der Waals surface area contributed by atoms with Crippen LogP contribution in [0.5, 0.6) is 0 Å². The molecular formula is C13H12BrN3O3. The third-order valence-corrected chi connectivity index (χ3v) is 4.02. The predicted molar refractivity (Wildman–Crippen MR) is 77.9 cm³/mol. The van der Waals surface area contributed by atoms with Crippen LogP contribution in [0, 0.1) is 24.0 Å². The van der Waals surface area contributed by atoms with E-state index in [9.17, 15) is 14.9 Å². The van der Waals surface area contributed by atoms with Gasteiger partial charge in [0, 0.05) is 11.6 Å². The minimum absolute atomic E-state index is 0.0506. The molecule has 7 heteroatoms. The molecule has 2 rings (SSSR count). The first-order valence-corrected chi connectivity index (χ1v) is 6.65. The zero-order valence-corrected chi connectivity index (χ0v) is 12.5. The zero-order valence-electron chi connectivity index (χ0n) is 11.0. The molecule has 0 amide bonds. The van der Waals surface area contributed by atoms with E-state index in [4.69, 9.17) is 0 Å². The maximum absolute atomic E-state index is 12.1. The number of rotatable bonds is 3. The molecule has 0 saturated heterocycles. The largest absolute Gasteiger partial charge is 0.294 e. The van der Waals surface area contributed by atoms with E-state index in [1.54, 1.807) is 26.0 Å². The Labute approximate surface area is 123 Å². The lowest BCUT2D eigenvalue weighted by Crippen LogP contribution is -2.23. The molecule has 0 aliphatic rings. The Kier molecular flexibility index (Phi) is 3.99. The first kappa shape index (κ1) is 14.4. The fraction of sp³-hybridized carbons (Fsp3) is 0.231. The fourth-order valence-corrected chi connectivity index (χ4v) is 2.21. The lowest BCUT2D eigenvalue weighted by molar-refractivity contribution is -0.385. The van der Waals surface area contributed by atoms with Gasteiger partial charge in [0.15, 0.2) is 0 Å². The van der Waals surface area contributed by atoms with Crippen LogP contribution in [0.2, 0.25) is 0 Å². The van der Waals surface area contributed by atoms with Gasteiger partial charge in [0.25, 0.3) is 11.2 Å². The molecule has 104 valence electrons. The van der Waals surface area contributed by atoms with Crippen molar-refractivity contribution in [1.82, 2.24) is 9.55 Å². The highest BCUT2D eigenvalue weighted by Crippen LogP contribution is 2.21. The monoisotopic (exact) mass is 337 g/mol. The Morgan fingerprint density at radius 1 is 1.40 bits per heavy atom. The Hall–Kier alpha value is -2.02. The molecule has 0 fully saturated rings. The molecule has 20 heavy (non-hydrogen) atoms. The number of aryl methyl sites for hydroxylation is 1. The first-order chi connectivity index (χ1) is 9.41. The van der Waals surface area contributed by atoms with Crippen molar-refractivity contribution >= 4 is 21.6 Å². The predicted octanol–water partition coefficient (Wildman–Crippen LogP) is 2.58. The van der Waals surface area contributed by atoms with Gasteiger partial charge in [0.05, 0.1) is 23.5 Å². The summed E-state index contributed by atoms with van der Waals surface area (Å²) in [7, 11) is 0. The number of hydrogen-bond donors (Lipinski definition) is 0. The van der Waals surface area contributed by atoms with Crippen molar-refractivity contribution in [3.8, 4) is 0 Å². The lowest BCUT2D eigenvalue weighted by Gasteiger charge is -2.09. The molecular weight excluding hydrogens is 326 g/mol. The molecule has 6 nitrogen and oxygen atoms in total. The number of hydrogen-bond acceptors (Lipinski definition) is 4. The quantitative estimate of drug-likeness (QED) is 0.637. The van der Waals surface area contributed by atoms with Crippen LogP contribution in [0.1, 0.15) is 16.8 Å². The van der Waals surface area contributed by atoms with Crippen molar-refractivity contribution in [2.45, 2.75) is 20.4 Å². The third kappa shape index (κ3) is 2.62. The fourth-order valence-electron chi connectivity index (χ4n) is 1.88. The number of aromatic nitrogens is 2. The summed E-state index contributed by atoms with van der Waals surface area (Å²) in [5.74, 6) is 0. The number of nitro benzene ring substituents is 1. The average molecular weight is 338 g/mol. The summed E-state index contributed by atoms with van der Waals surface area (Å²) < 4.78 is 1.83. The van der Waals surface area contributed by atoms with Gasteiger partial charge >= 0.3 is 0 Å². The first-order valence-electron chi connectivity index (χ1n) is 5.86. The molecule has 0 saturated carbocycles. The molecule has 0 aliphatic carbocycles. The van der Waals surface area contributed by atoms with Gasteiger partial charge in [0.1, 0.15) is 4.47 Å². The summed E-state index contributed by atoms with van der Waals surface area (Å²) in [6.07, 6.45) is 1.45. The van der Waals surface area contributed by atoms with Crippen molar-refractivity contribution in [1.29, 1.82) is 0 Å². The minimum atomic E-state index is -0.426. The van der Waals surface area contributed by atoms with E-state index in [0.29, 0.717) is 15.7 Å². The van der Waals surface area contributed by atoms with E-state index in [2.05, 4.69) is 20.9 Å². The van der Waals surface area contributed by atoms with Gasteiger partial charge in [0.2, 0.25) is 0 Å². The molecule has 0 spiro atoms. The maximum atomic E-state index is 12.1. The number of benzene rings is 1. The van der Waals surface area contributed by atoms with E-state index in [1.165, 1.54) is 17.0 Å². The van der Waals surface area contributed by atoms with Gasteiger partial charge in [-0.2, -0.15) is 0 Å². The summed E-state index contributed by atoms with van der Waals surface area (Å²) >= 11 is 3.20. The average Bonchev–Trinajstić information content (AvgIpc) is 2.41. The summed E-state index contributed by atoms with van der Waals surface area (Å²) in [5.41, 5.74) is 1.74. The van der Waals surface area contributed by atoms with E-state index in [0.717, 1.165) is 5.56 Å². The molecule has 0 radical (unpaired) electrons. The summed E-state index contributed by atoms with van der Waals surface area (Å²) in [4.78, 5) is 26.7. The zero-order chi connectivity index (χ0) is 14.9. The van der Waals surface area contributed by atoms with Crippen LogP contribution in [0.15, 0.2) is 33.8 Å². The van der Waals surface area contributed by atoms with Crippen molar-refractivity contribution in [3.05, 3.63) is 66.3 Å². The van der Waals surface area contributed by atoms with Crippen LogP contribution in [0.3, 0.4) is 0 Å². The minimum Gasteiger partial charge on any atom is -0.294 e. The van der Waals surface area contributed by atoms with Crippen molar-refractivity contribution in [2.75, 3.05) is 0 Å². The maximum Gasteiger partial charge on any atom is 0.272 e. The van der Waals surface area contributed by atoms with Crippen LogP contribution in [-0.4, -0.2) is 14.5 Å². The Morgan fingerprint density at radius 3 is 2.75 bits per heavy atom. The number of nitrogens with zero attached hydrogens (tertiary/aromatic N) is 3. The van der Waals surface area contributed by atoms with E-state index in [-0.39, 0.29) is 17.8 Å². The van der Waals surface area contributed by atoms with Gasteiger partial charge in [-0.25, -0.2) is 4.98 Å². The standard InChI is InChI=1S/C13H12BrN3O3/c1-8-10(4-3-5-11(8)17(19)20)6-16-7-15-9(2)12(14)13(16)18/h3-5,7H,6H2,1-2H3. The smallest absolute Gasteiger partial charge is 0.272 e. The van der Waals surface area contributed by atoms with E-state index >= 15 is 0 Å². The Balaban J connectivity index is 2.46. The molecule has 0 unspecified atom stereocenters. The van der Waals surface area contributed by atoms with Gasteiger partial charge in [-0.15, -0.1) is 0 Å². The summed E-state index contributed by atoms with van der Waals surface area (Å²) in [5, 5.41) is 10.9. The van der Waals surface area contributed by atoms with Gasteiger partial charge in [-0.1, -0.05) is 12.1 Å². The molecule has 0 aliphatic heterocycles. The molecule has 0 atom stereocenters. The van der Waals surface area contributed by atoms with Gasteiger partial charge in [-0.05, 0) is 35.3 Å². The van der Waals surface area contributed by atoms with Crippen LogP contribution in [0.25, 0.3) is 0 Å². The molecule has 0 bridgehead atoms. The van der Waals surface area contributed by atoms with Crippen LogP contribution in [-0.2, 0) is 6.54 Å². The van der Waals surface area contributed by atoms with E-state index in [1.807, 2.05) is 0 Å². The highest BCUT2D eigenvalue weighted by molar-refractivity contribution is 9.10. The Bertz CT molecular complexity index is 740. The van der Waals surface area contributed by atoms with Crippen molar-refractivity contribution in [3.63, 3.8) is 0 Å². The second-order valence-electron chi connectivity index (χ2n) is 4.40. The molecule has 1 aromatic carbocycles. The molecule has 1 heterocycles. The summed E-state index contributed by atoms with van der Waals surface area (Å²) in [6.45, 7) is 3.65. The molecule has 1 aromatic heterocycles. The van der Waals surface area contributed by atoms with E-state index < -0.39 is 4.92 Å². The second-order valence-corrected chi connectivity index (χ2v) is 5.19. The highest BCUT2D eigenvalue weighted by atomic mass is 79.9. The SMILES string of the molecule is Cc1ncn(Cc2cccc([N+](=O)[O-])c2C)c(=O)c1Br. The number of halogens is 1. The topological polar surface area (TPSA) is 78.0 Å². The molecule has 0 N–H and O–H groups in total. The van der Waals surface area contributed by atoms with Crippen LogP contribution in [0.4, 0.5) is 5.69 Å². The molecule has 2 aromatic rings. The lowest BCUT2D eigenvalue weighted by atomic mass is 10.1. The summed E-state index contributed by atoms with van der Waals surface area (Å²) in [6, 6.07) is 4.83. The third-order valence-electron chi connectivity index (χ3n) is 3.11. The van der Waals surface area contributed by atoms with Crippen molar-refractivity contribution < 1.29 is 4.92 Å². The van der Waals surface area contributed by atoms with Crippen LogP contribution < -0.4 is 5.56 Å². The Morgan fingerprint density at radius 2 is 2.10 bits per heavy atom. The van der Waals surface area contributed by atoms with Crippen molar-refractivity contribution in [2.24, 2.45) is 0 Å². The highest BCUT2D eigenvalue weighted by Gasteiger charge is 2.14. The second kappa shape index (κ2) is 5.54. The van der Waals surface area contributed by atoms with Crippen LogP contribution >= 0.6 is 15.9 Å². The van der Waals surface area contributed by atoms with Gasteiger partial charge < -0.3 is 0 Å². The normalized spacial score (nSPS) is 10.6. The van der Waals surface area contributed by atoms with Gasteiger partial charge in [-0.3, -0.25) is 19.5 Å².